The SMILES string of the molecule is COc1cc2[nH]c(O)c(C(=Nc3ccc(N(C)C(=O)CN(C)C)cc3)c3ccccc3)c2cc1OC. The van der Waals surface area contributed by atoms with Crippen LogP contribution in [0.25, 0.3) is 10.9 Å². The van der Waals surface area contributed by atoms with Crippen LogP contribution < -0.4 is 14.4 Å². The molecule has 1 heterocycles. The molecule has 1 amide bonds. The van der Waals surface area contributed by atoms with E-state index in [1.165, 1.54) is 0 Å². The van der Waals surface area contributed by atoms with E-state index in [0.717, 1.165) is 16.6 Å². The summed E-state index contributed by atoms with van der Waals surface area (Å²) in [6.07, 6.45) is 0. The number of nitrogens with zero attached hydrogens (tertiary/aromatic N) is 3. The van der Waals surface area contributed by atoms with Crippen LogP contribution in [0.1, 0.15) is 11.1 Å². The molecule has 0 aliphatic heterocycles. The Morgan fingerprint density at radius 2 is 1.58 bits per heavy atom. The maximum absolute atomic E-state index is 12.4. The summed E-state index contributed by atoms with van der Waals surface area (Å²) in [6, 6.07) is 20.7. The van der Waals surface area contributed by atoms with Crippen molar-refractivity contribution in [3.8, 4) is 17.4 Å². The van der Waals surface area contributed by atoms with Gasteiger partial charge in [0.1, 0.15) is 0 Å². The summed E-state index contributed by atoms with van der Waals surface area (Å²) in [7, 11) is 8.62. The van der Waals surface area contributed by atoms with Crippen LogP contribution in [0, 0.1) is 0 Å². The fraction of sp³-hybridized carbons (Fsp3) is 0.214. The topological polar surface area (TPSA) is 90.4 Å². The molecule has 0 bridgehead atoms. The number of methoxy groups -OCH3 is 2. The van der Waals surface area contributed by atoms with Gasteiger partial charge in [0.05, 0.1) is 43.2 Å². The molecule has 4 aromatic rings. The monoisotopic (exact) mass is 486 g/mol. The molecule has 0 aliphatic rings. The Morgan fingerprint density at radius 3 is 2.19 bits per heavy atom. The largest absolute Gasteiger partial charge is 0.494 e. The molecule has 186 valence electrons. The lowest BCUT2D eigenvalue weighted by atomic mass is 10.0. The molecule has 0 aliphatic carbocycles. The molecule has 0 radical (unpaired) electrons. The van der Waals surface area contributed by atoms with Gasteiger partial charge in [0.25, 0.3) is 0 Å². The number of hydrogen-bond donors (Lipinski definition) is 2. The van der Waals surface area contributed by atoms with Crippen LogP contribution in [-0.2, 0) is 4.79 Å². The molecular weight excluding hydrogens is 456 g/mol. The van der Waals surface area contributed by atoms with Gasteiger partial charge in [0.15, 0.2) is 17.4 Å². The zero-order valence-corrected chi connectivity index (χ0v) is 21.1. The number of benzene rings is 3. The summed E-state index contributed by atoms with van der Waals surface area (Å²) in [6.45, 7) is 0.322. The van der Waals surface area contributed by atoms with Crippen molar-refractivity contribution in [3.05, 3.63) is 77.9 Å². The van der Waals surface area contributed by atoms with Gasteiger partial charge in [-0.2, -0.15) is 0 Å². The van der Waals surface area contributed by atoms with E-state index in [-0.39, 0.29) is 11.8 Å². The lowest BCUT2D eigenvalue weighted by Crippen LogP contribution is -2.34. The summed E-state index contributed by atoms with van der Waals surface area (Å²) in [4.78, 5) is 23.8. The second-order valence-electron chi connectivity index (χ2n) is 8.63. The van der Waals surface area contributed by atoms with Crippen LogP contribution in [0.5, 0.6) is 17.4 Å². The standard InChI is InChI=1S/C28H30N4O4/c1-31(2)17-25(33)32(3)20-13-11-19(12-14-20)29-27(18-9-7-6-8-10-18)26-21-15-23(35-4)24(36-5)16-22(21)30-28(26)34/h6-16,30,34H,17H2,1-5H3. The first-order valence-corrected chi connectivity index (χ1v) is 11.4. The number of aromatic amines is 1. The predicted octanol–water partition coefficient (Wildman–Crippen LogP) is 4.58. The van der Waals surface area contributed by atoms with E-state index in [1.807, 2.05) is 79.7 Å². The Labute approximate surface area is 210 Å². The molecule has 4 rings (SSSR count). The number of fused-ring (bicyclic) bond motifs is 1. The van der Waals surface area contributed by atoms with Gasteiger partial charge in [-0.3, -0.25) is 4.79 Å². The molecular formula is C28H30N4O4. The van der Waals surface area contributed by atoms with E-state index in [4.69, 9.17) is 14.5 Å². The summed E-state index contributed by atoms with van der Waals surface area (Å²) >= 11 is 0. The van der Waals surface area contributed by atoms with Crippen molar-refractivity contribution in [1.29, 1.82) is 0 Å². The minimum Gasteiger partial charge on any atom is -0.494 e. The van der Waals surface area contributed by atoms with Gasteiger partial charge in [0.2, 0.25) is 5.91 Å². The number of hydrogen-bond acceptors (Lipinski definition) is 6. The van der Waals surface area contributed by atoms with Gasteiger partial charge < -0.3 is 29.4 Å². The molecule has 8 heteroatoms. The van der Waals surface area contributed by atoms with E-state index < -0.39 is 0 Å². The molecule has 0 unspecified atom stereocenters. The molecule has 0 spiro atoms. The molecule has 2 N–H and O–H groups in total. The number of likely N-dealkylation sites (N-methyl/N-ethyl adjacent to an activating group) is 2. The van der Waals surface area contributed by atoms with Crippen LogP contribution in [-0.4, -0.2) is 68.5 Å². The fourth-order valence-electron chi connectivity index (χ4n) is 4.01. The summed E-state index contributed by atoms with van der Waals surface area (Å²) in [5.41, 5.74) is 4.14. The summed E-state index contributed by atoms with van der Waals surface area (Å²) < 4.78 is 10.9. The van der Waals surface area contributed by atoms with Gasteiger partial charge in [-0.05, 0) is 44.4 Å². The number of aromatic nitrogens is 1. The zero-order valence-electron chi connectivity index (χ0n) is 21.1. The van der Waals surface area contributed by atoms with Crippen molar-refractivity contribution in [3.63, 3.8) is 0 Å². The molecule has 0 saturated carbocycles. The molecule has 0 saturated heterocycles. The number of nitrogens with one attached hydrogen (secondary N) is 1. The summed E-state index contributed by atoms with van der Waals surface area (Å²) in [5.74, 6) is 1.09. The van der Waals surface area contributed by atoms with Crippen LogP contribution in [0.2, 0.25) is 0 Å². The molecule has 0 atom stereocenters. The van der Waals surface area contributed by atoms with Gasteiger partial charge in [0, 0.05) is 29.8 Å². The van der Waals surface area contributed by atoms with Gasteiger partial charge in [-0.1, -0.05) is 30.3 Å². The molecule has 3 aromatic carbocycles. The van der Waals surface area contributed by atoms with Gasteiger partial charge >= 0.3 is 0 Å². The number of carbonyl (C=O) groups excluding carboxylic acids is 1. The van der Waals surface area contributed by atoms with Crippen molar-refractivity contribution in [1.82, 2.24) is 9.88 Å². The normalized spacial score (nSPS) is 11.7. The minimum atomic E-state index is -0.00598. The average molecular weight is 487 g/mol. The van der Waals surface area contributed by atoms with Crippen molar-refractivity contribution < 1.29 is 19.4 Å². The minimum absolute atomic E-state index is 0.00526. The Bertz CT molecular complexity index is 1390. The van der Waals surface area contributed by atoms with Crippen molar-refractivity contribution in [2.45, 2.75) is 0 Å². The maximum Gasteiger partial charge on any atom is 0.240 e. The van der Waals surface area contributed by atoms with E-state index >= 15 is 0 Å². The predicted molar refractivity (Wildman–Crippen MR) is 143 cm³/mol. The van der Waals surface area contributed by atoms with Gasteiger partial charge in [-0.25, -0.2) is 4.99 Å². The number of anilines is 1. The van der Waals surface area contributed by atoms with Crippen molar-refractivity contribution in [2.24, 2.45) is 4.99 Å². The number of ether oxygens (including phenoxy) is 2. The third-order valence-electron chi connectivity index (χ3n) is 5.87. The highest BCUT2D eigenvalue weighted by Gasteiger charge is 2.21. The third kappa shape index (κ3) is 5.04. The lowest BCUT2D eigenvalue weighted by Gasteiger charge is -2.19. The molecule has 1 aromatic heterocycles. The third-order valence-corrected chi connectivity index (χ3v) is 5.87. The van der Waals surface area contributed by atoms with Crippen LogP contribution in [0.4, 0.5) is 11.4 Å². The van der Waals surface area contributed by atoms with Crippen molar-refractivity contribution in [2.75, 3.05) is 46.8 Å². The number of amides is 1. The van der Waals surface area contributed by atoms with E-state index in [0.29, 0.717) is 40.5 Å². The van der Waals surface area contributed by atoms with Crippen LogP contribution in [0.15, 0.2) is 71.7 Å². The first-order valence-electron chi connectivity index (χ1n) is 11.4. The Kier molecular flexibility index (Phi) is 7.26. The highest BCUT2D eigenvalue weighted by molar-refractivity contribution is 6.22. The molecule has 8 nitrogen and oxygen atoms in total. The zero-order chi connectivity index (χ0) is 25.8. The molecule has 0 fully saturated rings. The second kappa shape index (κ2) is 10.5. The highest BCUT2D eigenvalue weighted by atomic mass is 16.5. The van der Waals surface area contributed by atoms with E-state index in [9.17, 15) is 9.90 Å². The Balaban J connectivity index is 1.81. The van der Waals surface area contributed by atoms with Gasteiger partial charge in [-0.15, -0.1) is 0 Å². The number of aliphatic imine (C=N–C) groups is 1. The average Bonchev–Trinajstić information content (AvgIpc) is 3.20. The fourth-order valence-corrected chi connectivity index (χ4v) is 4.01. The van der Waals surface area contributed by atoms with Crippen molar-refractivity contribution >= 4 is 33.9 Å². The molecule has 36 heavy (non-hydrogen) atoms. The van der Waals surface area contributed by atoms with E-state index in [1.54, 1.807) is 32.2 Å². The first kappa shape index (κ1) is 24.8. The Hall–Kier alpha value is -4.30. The number of carbonyl (C=O) groups is 1. The number of H-pyrrole nitrogens is 1. The Morgan fingerprint density at radius 1 is 0.944 bits per heavy atom. The second-order valence-corrected chi connectivity index (χ2v) is 8.63. The number of rotatable bonds is 8. The highest BCUT2D eigenvalue weighted by Crippen LogP contribution is 2.38. The first-order chi connectivity index (χ1) is 17.3. The number of aromatic hydroxyl groups is 1. The smallest absolute Gasteiger partial charge is 0.240 e. The van der Waals surface area contributed by atoms with Crippen LogP contribution >= 0.6 is 0 Å². The summed E-state index contributed by atoms with van der Waals surface area (Å²) in [5, 5.41) is 11.7. The maximum atomic E-state index is 12.4. The lowest BCUT2D eigenvalue weighted by molar-refractivity contribution is -0.118. The van der Waals surface area contributed by atoms with E-state index in [2.05, 4.69) is 4.98 Å². The quantitative estimate of drug-likeness (QED) is 0.356. The van der Waals surface area contributed by atoms with Crippen LogP contribution in [0.3, 0.4) is 0 Å².